The van der Waals surface area contributed by atoms with Crippen LogP contribution in [0.4, 0.5) is 0 Å². The minimum absolute atomic E-state index is 0.0275. The Morgan fingerprint density at radius 3 is 1.58 bits per heavy atom. The first-order valence-corrected chi connectivity index (χ1v) is 16.8. The average Bonchev–Trinajstić information content (AvgIpc) is 2.20. The molecule has 3 heterocycles. The van der Waals surface area contributed by atoms with Gasteiger partial charge >= 0.3 is 0 Å². The molecule has 0 saturated carbocycles. The lowest BCUT2D eigenvalue weighted by Crippen LogP contribution is -2.74. The highest BCUT2D eigenvalue weighted by atomic mass is 30.1. The normalized spacial score (nSPS) is 22.7. The number of rotatable bonds is 0. The van der Waals surface area contributed by atoms with Crippen LogP contribution in [0.15, 0.2) is 24.3 Å². The van der Waals surface area contributed by atoms with Crippen LogP contribution >= 0.6 is 0 Å². The van der Waals surface area contributed by atoms with Gasteiger partial charge in [0.1, 0.15) is 0 Å². The van der Waals surface area contributed by atoms with E-state index in [1.807, 2.05) is 10.4 Å². The molecule has 0 nitrogen and oxygen atoms in total. The summed E-state index contributed by atoms with van der Waals surface area (Å²) in [5.41, 5.74) is 0. The molecule has 10 radical (unpaired) electrons. The maximum Gasteiger partial charge on any atom is 0.0509 e. The van der Waals surface area contributed by atoms with Crippen LogP contribution in [-0.4, -0.2) is 49.9 Å². The molecule has 12 heavy (non-hydrogen) atoms. The minimum atomic E-state index is 0.0275. The van der Waals surface area contributed by atoms with Crippen molar-refractivity contribution in [2.75, 3.05) is 0 Å². The topological polar surface area (TPSA) is 0 Å². The van der Waals surface area contributed by atoms with Crippen molar-refractivity contribution in [2.24, 2.45) is 0 Å². The van der Waals surface area contributed by atoms with Crippen LogP contribution in [0, 0.1) is 0 Å². The predicted octanol–water partition coefficient (Wildman–Crippen LogP) is -2.25. The van der Waals surface area contributed by atoms with Gasteiger partial charge in [0.05, 0.1) is 15.7 Å². The minimum Gasteiger partial charge on any atom is -0.0704 e. The molecule has 2 bridgehead atoms. The second kappa shape index (κ2) is 3.03. The van der Waals surface area contributed by atoms with Gasteiger partial charge in [-0.15, -0.1) is 0 Å². The molecular formula is C6H4Si6. The molecule has 0 unspecified atom stereocenters. The molecule has 3 aliphatic rings. The first-order chi connectivity index (χ1) is 5.95. The monoisotopic (exact) mass is 244 g/mol. The zero-order valence-corrected chi connectivity index (χ0v) is 12.3. The van der Waals surface area contributed by atoms with Gasteiger partial charge in [0.15, 0.2) is 0 Å². The van der Waals surface area contributed by atoms with Crippen molar-refractivity contribution >= 4 is 60.3 Å². The summed E-state index contributed by atoms with van der Waals surface area (Å²) >= 11 is 0. The highest BCUT2D eigenvalue weighted by Gasteiger charge is 2.35. The molecule has 3 aliphatic heterocycles. The van der Waals surface area contributed by atoms with Gasteiger partial charge in [-0.3, -0.25) is 0 Å². The van der Waals surface area contributed by atoms with E-state index in [2.05, 4.69) is 24.3 Å². The van der Waals surface area contributed by atoms with Gasteiger partial charge in [0.25, 0.3) is 0 Å². The fourth-order valence-corrected chi connectivity index (χ4v) is 70.0. The number of hydrogen-bond acceptors (Lipinski definition) is 0. The zero-order chi connectivity index (χ0) is 7.97. The van der Waals surface area contributed by atoms with E-state index >= 15 is 0 Å². The lowest BCUT2D eigenvalue weighted by atomic mass is 10.4. The lowest BCUT2D eigenvalue weighted by molar-refractivity contribution is 1.82. The van der Waals surface area contributed by atoms with Gasteiger partial charge < -0.3 is 0 Å². The van der Waals surface area contributed by atoms with Gasteiger partial charge in [0.2, 0.25) is 0 Å². The Morgan fingerprint density at radius 1 is 0.750 bits per heavy atom. The van der Waals surface area contributed by atoms with Crippen molar-refractivity contribution in [3.05, 3.63) is 24.3 Å². The predicted molar refractivity (Wildman–Crippen MR) is 60.2 cm³/mol. The van der Waals surface area contributed by atoms with Crippen LogP contribution in [0.2, 0.25) is 0 Å². The zero-order valence-electron chi connectivity index (χ0n) is 6.31. The molecule has 0 amide bonds. The third-order valence-corrected chi connectivity index (χ3v) is 44.0. The fraction of sp³-hybridized carbons (Fsp3) is 0. The van der Waals surface area contributed by atoms with Crippen molar-refractivity contribution < 1.29 is 0 Å². The summed E-state index contributed by atoms with van der Waals surface area (Å²) in [4.78, 5) is 0. The maximum absolute atomic E-state index is 2.43. The van der Waals surface area contributed by atoms with Gasteiger partial charge in [-0.2, -0.15) is 0 Å². The van der Waals surface area contributed by atoms with Crippen molar-refractivity contribution in [3.8, 4) is 0 Å². The Bertz CT molecular complexity index is 274. The highest BCUT2D eigenvalue weighted by molar-refractivity contribution is 7.88. The number of hydrogen-bond donors (Lipinski definition) is 0. The summed E-state index contributed by atoms with van der Waals surface area (Å²) in [6.07, 6.45) is 0. The van der Waals surface area contributed by atoms with E-state index in [4.69, 9.17) is 0 Å². The number of benzene rings is 1. The molecule has 4 rings (SSSR count). The Kier molecular flexibility index (Phi) is 1.99. The molecule has 1 saturated heterocycles. The lowest BCUT2D eigenvalue weighted by Gasteiger charge is -2.34. The Hall–Kier alpha value is 0.521. The third kappa shape index (κ3) is 1.09. The van der Waals surface area contributed by atoms with E-state index in [1.165, 1.54) is 34.2 Å². The van der Waals surface area contributed by atoms with Crippen LogP contribution in [-0.2, 0) is 0 Å². The first kappa shape index (κ1) is 7.88. The molecular weight excluding hydrogens is 241 g/mol. The highest BCUT2D eigenvalue weighted by Crippen LogP contribution is 1.99. The van der Waals surface area contributed by atoms with Crippen molar-refractivity contribution in [2.45, 2.75) is 0 Å². The maximum atomic E-state index is 2.43. The van der Waals surface area contributed by atoms with Gasteiger partial charge in [-0.1, -0.05) is 34.6 Å². The molecule has 0 aromatic heterocycles. The molecule has 0 atom stereocenters. The average molecular weight is 245 g/mol. The van der Waals surface area contributed by atoms with Gasteiger partial charge in [0, 0.05) is 34.2 Å². The van der Waals surface area contributed by atoms with Crippen LogP contribution < -0.4 is 10.4 Å². The second-order valence-electron chi connectivity index (χ2n) is 2.80. The van der Waals surface area contributed by atoms with Gasteiger partial charge in [-0.25, -0.2) is 0 Å². The molecule has 1 fully saturated rings. The van der Waals surface area contributed by atoms with Crippen LogP contribution in [0.3, 0.4) is 0 Å². The smallest absolute Gasteiger partial charge is 0.0509 e. The molecule has 1 aromatic carbocycles. The van der Waals surface area contributed by atoms with E-state index in [0.29, 0.717) is 0 Å². The molecule has 0 aliphatic carbocycles. The summed E-state index contributed by atoms with van der Waals surface area (Å²) in [5, 5.41) is 3.70. The summed E-state index contributed by atoms with van der Waals surface area (Å²) in [6, 6.07) is 9.37. The summed E-state index contributed by atoms with van der Waals surface area (Å²) in [6.45, 7) is 0. The third-order valence-electron chi connectivity index (χ3n) is 2.09. The van der Waals surface area contributed by atoms with Crippen molar-refractivity contribution in [3.63, 3.8) is 0 Å². The van der Waals surface area contributed by atoms with Crippen LogP contribution in [0.1, 0.15) is 0 Å². The Balaban J connectivity index is 2.19. The van der Waals surface area contributed by atoms with E-state index in [9.17, 15) is 0 Å². The molecule has 6 heteroatoms. The summed E-state index contributed by atoms with van der Waals surface area (Å²) < 4.78 is 0. The standard InChI is InChI=1S/C6H4Si6/c1-2-4-6-5(3-1)11-7-9-12(6)10-8-11/h1-4H. The second-order valence-corrected chi connectivity index (χ2v) is 27.4. The van der Waals surface area contributed by atoms with E-state index < -0.39 is 0 Å². The van der Waals surface area contributed by atoms with Gasteiger partial charge in [-0.05, 0) is 0 Å². The van der Waals surface area contributed by atoms with E-state index in [-0.39, 0.29) is 15.7 Å². The number of fused-ring (bicyclic) bond motifs is 2. The first-order valence-electron chi connectivity index (χ1n) is 3.83. The Morgan fingerprint density at radius 2 is 1.17 bits per heavy atom. The quantitative estimate of drug-likeness (QED) is 0.453. The summed E-state index contributed by atoms with van der Waals surface area (Å²) in [7, 11) is 5.67. The van der Waals surface area contributed by atoms with Crippen LogP contribution in [0.5, 0.6) is 0 Å². The molecule has 0 spiro atoms. The van der Waals surface area contributed by atoms with E-state index in [0.717, 1.165) is 0 Å². The van der Waals surface area contributed by atoms with Crippen LogP contribution in [0.25, 0.3) is 0 Å². The SMILES string of the molecule is c1ccc2c(c1)[Si]1[Si][Si][Si]2[Si][Si]1. The Labute approximate surface area is 84.4 Å². The molecule has 1 aromatic rings. The van der Waals surface area contributed by atoms with Crippen molar-refractivity contribution in [1.29, 1.82) is 0 Å². The summed E-state index contributed by atoms with van der Waals surface area (Å²) in [5.74, 6) is 0. The van der Waals surface area contributed by atoms with E-state index in [1.54, 1.807) is 0 Å². The fourth-order valence-electron chi connectivity index (χ4n) is 1.50. The molecule has 52 valence electrons. The van der Waals surface area contributed by atoms with Crippen molar-refractivity contribution in [1.82, 2.24) is 0 Å². The molecule has 0 N–H and O–H groups in total. The largest absolute Gasteiger partial charge is 0.0704 e.